The van der Waals surface area contributed by atoms with Crippen molar-refractivity contribution in [3.63, 3.8) is 0 Å². The van der Waals surface area contributed by atoms with E-state index in [0.29, 0.717) is 16.9 Å². The number of aryl methyl sites for hydroxylation is 1. The average molecular weight is 456 g/mol. The maximum Gasteiger partial charge on any atom is 0.256 e. The topological polar surface area (TPSA) is 68.0 Å². The highest BCUT2D eigenvalue weighted by atomic mass is 16.1. The second-order valence-electron chi connectivity index (χ2n) is 8.42. The van der Waals surface area contributed by atoms with Crippen molar-refractivity contribution in [2.75, 3.05) is 11.1 Å². The number of benzene rings is 4. The van der Waals surface area contributed by atoms with Crippen LogP contribution in [0.3, 0.4) is 0 Å². The van der Waals surface area contributed by atoms with E-state index in [0.717, 1.165) is 38.9 Å². The minimum atomic E-state index is -0.185. The number of pyridine rings is 1. The molecule has 0 spiro atoms. The Bertz CT molecular complexity index is 1500. The van der Waals surface area contributed by atoms with Crippen LogP contribution in [0, 0.1) is 6.92 Å². The largest absolute Gasteiger partial charge is 0.398 e. The van der Waals surface area contributed by atoms with Gasteiger partial charge in [0.2, 0.25) is 0 Å². The zero-order valence-corrected chi connectivity index (χ0v) is 19.4. The van der Waals surface area contributed by atoms with E-state index in [1.54, 1.807) is 0 Å². The molecule has 0 radical (unpaired) electrons. The second-order valence-corrected chi connectivity index (χ2v) is 8.42. The summed E-state index contributed by atoms with van der Waals surface area (Å²) in [5.41, 5.74) is 13.8. The van der Waals surface area contributed by atoms with Crippen LogP contribution < -0.4 is 11.1 Å². The van der Waals surface area contributed by atoms with Gasteiger partial charge in [-0.05, 0) is 65.6 Å². The first-order valence-corrected chi connectivity index (χ1v) is 11.5. The van der Waals surface area contributed by atoms with Gasteiger partial charge in [-0.15, -0.1) is 0 Å². The predicted molar refractivity (Wildman–Crippen MR) is 145 cm³/mol. The van der Waals surface area contributed by atoms with Gasteiger partial charge in [0.15, 0.2) is 0 Å². The Labute approximate surface area is 204 Å². The first-order valence-electron chi connectivity index (χ1n) is 11.5. The van der Waals surface area contributed by atoms with E-state index in [-0.39, 0.29) is 5.91 Å². The maximum absolute atomic E-state index is 13.4. The number of hydrogen-bond donors (Lipinski definition) is 2. The Kier molecular flexibility index (Phi) is 6.10. The number of nitrogen functional groups attached to an aromatic ring is 1. The van der Waals surface area contributed by atoms with Crippen LogP contribution in [0.15, 0.2) is 109 Å². The first kappa shape index (κ1) is 22.1. The van der Waals surface area contributed by atoms with Crippen molar-refractivity contribution >= 4 is 39.8 Å². The molecular formula is C31H25N3O. The fourth-order valence-electron chi connectivity index (χ4n) is 4.22. The molecule has 5 rings (SSSR count). The third-order valence-corrected chi connectivity index (χ3v) is 5.90. The third-order valence-electron chi connectivity index (χ3n) is 5.90. The highest BCUT2D eigenvalue weighted by molar-refractivity contribution is 6.09. The summed E-state index contributed by atoms with van der Waals surface area (Å²) < 4.78 is 0. The molecule has 0 unspecified atom stereocenters. The van der Waals surface area contributed by atoms with E-state index in [4.69, 9.17) is 5.73 Å². The van der Waals surface area contributed by atoms with Gasteiger partial charge in [-0.2, -0.15) is 0 Å². The molecule has 4 nitrogen and oxygen atoms in total. The fourth-order valence-corrected chi connectivity index (χ4v) is 4.22. The van der Waals surface area contributed by atoms with Gasteiger partial charge in [-0.3, -0.25) is 9.78 Å². The third kappa shape index (κ3) is 4.82. The van der Waals surface area contributed by atoms with Crippen molar-refractivity contribution in [1.82, 2.24) is 4.98 Å². The van der Waals surface area contributed by atoms with Gasteiger partial charge >= 0.3 is 0 Å². The van der Waals surface area contributed by atoms with Crippen molar-refractivity contribution < 1.29 is 4.79 Å². The zero-order chi connectivity index (χ0) is 24.2. The summed E-state index contributed by atoms with van der Waals surface area (Å²) in [4.78, 5) is 17.9. The van der Waals surface area contributed by atoms with Crippen LogP contribution in [0.25, 0.3) is 22.6 Å². The fraction of sp³-hybridized carbons (Fsp3) is 0.0323. The minimum Gasteiger partial charge on any atom is -0.398 e. The lowest BCUT2D eigenvalue weighted by Crippen LogP contribution is -2.13. The number of carbonyl (C=O) groups is 1. The van der Waals surface area contributed by atoms with Crippen molar-refractivity contribution in [3.05, 3.63) is 137 Å². The number of nitrogens with one attached hydrogen (secondary N) is 1. The van der Waals surface area contributed by atoms with Gasteiger partial charge in [0.25, 0.3) is 5.91 Å². The molecule has 4 heteroatoms. The standard InChI is InChI=1S/C31H25N3O/c1-21-18-29(32)28-20-25(16-17-30(28)33-21)34-31(35)26-15-9-8-14-24(26)19-27(22-10-4-2-5-11-22)23-12-6-3-7-13-23/h2-20H,1H3,(H2,32,33)(H,34,35). The predicted octanol–water partition coefficient (Wildman–Crippen LogP) is 6.97. The van der Waals surface area contributed by atoms with E-state index in [2.05, 4.69) is 40.6 Å². The van der Waals surface area contributed by atoms with Crippen LogP contribution >= 0.6 is 0 Å². The number of nitrogens with zero attached hydrogens (tertiary/aromatic N) is 1. The SMILES string of the molecule is Cc1cc(N)c2cc(NC(=O)c3ccccc3C=C(c3ccccc3)c3ccccc3)ccc2n1. The van der Waals surface area contributed by atoms with E-state index in [1.807, 2.05) is 91.9 Å². The van der Waals surface area contributed by atoms with Gasteiger partial charge in [0, 0.05) is 28.0 Å². The van der Waals surface area contributed by atoms with E-state index in [9.17, 15) is 4.79 Å². The molecule has 0 atom stereocenters. The zero-order valence-electron chi connectivity index (χ0n) is 19.4. The van der Waals surface area contributed by atoms with Crippen LogP contribution in [0.5, 0.6) is 0 Å². The average Bonchev–Trinajstić information content (AvgIpc) is 2.89. The molecule has 0 saturated carbocycles. The Morgan fingerprint density at radius 2 is 1.43 bits per heavy atom. The lowest BCUT2D eigenvalue weighted by molar-refractivity contribution is 0.102. The summed E-state index contributed by atoms with van der Waals surface area (Å²) in [6.07, 6.45) is 2.07. The van der Waals surface area contributed by atoms with Crippen molar-refractivity contribution in [2.24, 2.45) is 0 Å². The van der Waals surface area contributed by atoms with Gasteiger partial charge < -0.3 is 11.1 Å². The number of aromatic nitrogens is 1. The van der Waals surface area contributed by atoms with E-state index >= 15 is 0 Å². The molecule has 5 aromatic rings. The molecule has 35 heavy (non-hydrogen) atoms. The van der Waals surface area contributed by atoms with E-state index in [1.165, 1.54) is 0 Å². The van der Waals surface area contributed by atoms with Gasteiger partial charge in [0.05, 0.1) is 5.52 Å². The molecule has 0 aliphatic heterocycles. The molecule has 0 saturated heterocycles. The number of nitrogens with two attached hydrogens (primary N) is 1. The number of amides is 1. The summed E-state index contributed by atoms with van der Waals surface area (Å²) in [6, 6.07) is 35.5. The highest BCUT2D eigenvalue weighted by Crippen LogP contribution is 2.28. The summed E-state index contributed by atoms with van der Waals surface area (Å²) in [5, 5.41) is 3.85. The molecule has 1 aromatic heterocycles. The lowest BCUT2D eigenvalue weighted by atomic mass is 9.94. The van der Waals surface area contributed by atoms with Crippen LogP contribution in [-0.2, 0) is 0 Å². The normalized spacial score (nSPS) is 10.7. The molecule has 1 heterocycles. The van der Waals surface area contributed by atoms with E-state index < -0.39 is 0 Å². The van der Waals surface area contributed by atoms with Gasteiger partial charge in [0.1, 0.15) is 0 Å². The van der Waals surface area contributed by atoms with Gasteiger partial charge in [-0.1, -0.05) is 78.9 Å². The molecule has 4 aromatic carbocycles. The van der Waals surface area contributed by atoms with Crippen LogP contribution in [0.1, 0.15) is 32.7 Å². The summed E-state index contributed by atoms with van der Waals surface area (Å²) in [5.74, 6) is -0.185. The Hall–Kier alpha value is -4.70. The smallest absolute Gasteiger partial charge is 0.256 e. The Morgan fingerprint density at radius 3 is 2.11 bits per heavy atom. The molecule has 0 aliphatic carbocycles. The Morgan fingerprint density at radius 1 is 0.800 bits per heavy atom. The molecule has 3 N–H and O–H groups in total. The molecule has 0 bridgehead atoms. The number of rotatable bonds is 5. The number of anilines is 2. The Balaban J connectivity index is 1.53. The van der Waals surface area contributed by atoms with Crippen LogP contribution in [-0.4, -0.2) is 10.9 Å². The molecule has 0 aliphatic rings. The molecule has 170 valence electrons. The molecule has 1 amide bonds. The number of hydrogen-bond acceptors (Lipinski definition) is 3. The summed E-state index contributed by atoms with van der Waals surface area (Å²) in [7, 11) is 0. The van der Waals surface area contributed by atoms with Crippen molar-refractivity contribution in [2.45, 2.75) is 6.92 Å². The number of carbonyl (C=O) groups excluding carboxylic acids is 1. The lowest BCUT2D eigenvalue weighted by Gasteiger charge is -2.12. The first-order chi connectivity index (χ1) is 17.1. The quantitative estimate of drug-likeness (QED) is 0.281. The van der Waals surface area contributed by atoms with Crippen LogP contribution in [0.2, 0.25) is 0 Å². The molecule has 0 fully saturated rings. The van der Waals surface area contributed by atoms with Gasteiger partial charge in [-0.25, -0.2) is 0 Å². The summed E-state index contributed by atoms with van der Waals surface area (Å²) in [6.45, 7) is 1.91. The van der Waals surface area contributed by atoms with Crippen LogP contribution in [0.4, 0.5) is 11.4 Å². The second kappa shape index (κ2) is 9.65. The molecular weight excluding hydrogens is 430 g/mol. The number of fused-ring (bicyclic) bond motifs is 1. The summed E-state index contributed by atoms with van der Waals surface area (Å²) >= 11 is 0. The minimum absolute atomic E-state index is 0.185. The highest BCUT2D eigenvalue weighted by Gasteiger charge is 2.13. The maximum atomic E-state index is 13.4. The van der Waals surface area contributed by atoms with Crippen molar-refractivity contribution in [1.29, 1.82) is 0 Å². The van der Waals surface area contributed by atoms with Crippen molar-refractivity contribution in [3.8, 4) is 0 Å². The monoisotopic (exact) mass is 455 g/mol.